The van der Waals surface area contributed by atoms with Crippen LogP contribution in [0.25, 0.3) is 0 Å². The summed E-state index contributed by atoms with van der Waals surface area (Å²) >= 11 is 0. The van der Waals surface area contributed by atoms with Gasteiger partial charge in [0.15, 0.2) is 0 Å². The molecular formula is C11H20N2O3. The van der Waals surface area contributed by atoms with E-state index in [1.807, 2.05) is 4.90 Å². The number of rotatable bonds is 6. The molecule has 1 saturated heterocycles. The number of carbonyl (C=O) groups excluding carboxylic acids is 1. The van der Waals surface area contributed by atoms with Crippen LogP contribution < -0.4 is 5.32 Å². The van der Waals surface area contributed by atoms with Crippen molar-refractivity contribution in [2.45, 2.75) is 32.7 Å². The molecule has 0 radical (unpaired) electrons. The van der Waals surface area contributed by atoms with Crippen LogP contribution in [0.15, 0.2) is 0 Å². The first-order valence-electron chi connectivity index (χ1n) is 5.71. The Morgan fingerprint density at radius 3 is 2.75 bits per heavy atom. The highest BCUT2D eigenvalue weighted by Gasteiger charge is 2.24. The summed E-state index contributed by atoms with van der Waals surface area (Å²) < 4.78 is 0. The standard InChI is InChI=1S/C11H20N2O3/c1-8(2)5-13(7-11(15)16)6-9-3-4-10(14)12-9/h8-9H,3-7H2,1-2H3,(H,12,14)(H,15,16). The molecule has 1 rings (SSSR count). The molecule has 92 valence electrons. The molecule has 0 spiro atoms. The molecule has 0 aromatic rings. The minimum atomic E-state index is -0.815. The van der Waals surface area contributed by atoms with Gasteiger partial charge in [-0.25, -0.2) is 0 Å². The van der Waals surface area contributed by atoms with E-state index in [4.69, 9.17) is 5.11 Å². The number of hydrogen-bond donors (Lipinski definition) is 2. The third kappa shape index (κ3) is 4.61. The van der Waals surface area contributed by atoms with Crippen molar-refractivity contribution in [2.75, 3.05) is 19.6 Å². The van der Waals surface area contributed by atoms with E-state index < -0.39 is 5.97 Å². The van der Waals surface area contributed by atoms with Crippen molar-refractivity contribution in [1.82, 2.24) is 10.2 Å². The van der Waals surface area contributed by atoms with E-state index >= 15 is 0 Å². The third-order valence-corrected chi connectivity index (χ3v) is 2.55. The van der Waals surface area contributed by atoms with Crippen LogP contribution in [0.1, 0.15) is 26.7 Å². The van der Waals surface area contributed by atoms with Crippen LogP contribution in [0.5, 0.6) is 0 Å². The number of hydrogen-bond acceptors (Lipinski definition) is 3. The molecule has 5 nitrogen and oxygen atoms in total. The maximum absolute atomic E-state index is 11.0. The fourth-order valence-electron chi connectivity index (χ4n) is 2.04. The molecule has 1 amide bonds. The highest BCUT2D eigenvalue weighted by molar-refractivity contribution is 5.78. The zero-order valence-electron chi connectivity index (χ0n) is 9.90. The van der Waals surface area contributed by atoms with Crippen molar-refractivity contribution < 1.29 is 14.7 Å². The number of carboxylic acids is 1. The van der Waals surface area contributed by atoms with Gasteiger partial charge in [-0.2, -0.15) is 0 Å². The summed E-state index contributed by atoms with van der Waals surface area (Å²) in [6.45, 7) is 5.55. The van der Waals surface area contributed by atoms with Gasteiger partial charge in [0, 0.05) is 25.6 Å². The summed E-state index contributed by atoms with van der Waals surface area (Å²) in [5.41, 5.74) is 0. The predicted molar refractivity (Wildman–Crippen MR) is 60.1 cm³/mol. The van der Waals surface area contributed by atoms with Gasteiger partial charge in [0.05, 0.1) is 6.54 Å². The van der Waals surface area contributed by atoms with Crippen molar-refractivity contribution in [3.05, 3.63) is 0 Å². The molecule has 1 aliphatic heterocycles. The highest BCUT2D eigenvalue weighted by atomic mass is 16.4. The van der Waals surface area contributed by atoms with E-state index in [-0.39, 0.29) is 18.5 Å². The number of nitrogens with one attached hydrogen (secondary N) is 1. The van der Waals surface area contributed by atoms with Gasteiger partial charge in [-0.1, -0.05) is 13.8 Å². The van der Waals surface area contributed by atoms with Crippen LogP contribution >= 0.6 is 0 Å². The van der Waals surface area contributed by atoms with Crippen molar-refractivity contribution in [2.24, 2.45) is 5.92 Å². The van der Waals surface area contributed by atoms with Gasteiger partial charge >= 0.3 is 5.97 Å². The second-order valence-electron chi connectivity index (χ2n) is 4.78. The van der Waals surface area contributed by atoms with Crippen molar-refractivity contribution in [1.29, 1.82) is 0 Å². The minimum absolute atomic E-state index is 0.0462. The summed E-state index contributed by atoms with van der Waals surface area (Å²) in [5.74, 6) is -0.314. The smallest absolute Gasteiger partial charge is 0.317 e. The lowest BCUT2D eigenvalue weighted by atomic mass is 10.1. The molecule has 0 aromatic heterocycles. The van der Waals surface area contributed by atoms with Crippen molar-refractivity contribution in [3.8, 4) is 0 Å². The minimum Gasteiger partial charge on any atom is -0.480 e. The molecule has 2 N–H and O–H groups in total. The van der Waals surface area contributed by atoms with E-state index in [1.165, 1.54) is 0 Å². The molecule has 0 bridgehead atoms. The second kappa shape index (κ2) is 5.84. The fourth-order valence-corrected chi connectivity index (χ4v) is 2.04. The molecule has 1 atom stereocenters. The summed E-state index contributed by atoms with van der Waals surface area (Å²) in [4.78, 5) is 23.6. The maximum atomic E-state index is 11.0. The topological polar surface area (TPSA) is 69.6 Å². The summed E-state index contributed by atoms with van der Waals surface area (Å²) in [5, 5.41) is 11.7. The van der Waals surface area contributed by atoms with Crippen LogP contribution in [0.3, 0.4) is 0 Å². The zero-order valence-corrected chi connectivity index (χ0v) is 9.90. The van der Waals surface area contributed by atoms with Crippen LogP contribution in [0.4, 0.5) is 0 Å². The molecule has 16 heavy (non-hydrogen) atoms. The van der Waals surface area contributed by atoms with Crippen LogP contribution in [-0.4, -0.2) is 47.6 Å². The molecule has 0 saturated carbocycles. The number of aliphatic carboxylic acids is 1. The van der Waals surface area contributed by atoms with E-state index in [9.17, 15) is 9.59 Å². The fraction of sp³-hybridized carbons (Fsp3) is 0.818. The molecule has 0 aromatic carbocycles. The SMILES string of the molecule is CC(C)CN(CC(=O)O)CC1CCC(=O)N1. The number of carboxylic acid groups (broad SMARTS) is 1. The lowest BCUT2D eigenvalue weighted by molar-refractivity contribution is -0.138. The van der Waals surface area contributed by atoms with Crippen molar-refractivity contribution >= 4 is 11.9 Å². The van der Waals surface area contributed by atoms with Gasteiger partial charge in [0.25, 0.3) is 0 Å². The molecule has 5 heteroatoms. The summed E-state index contributed by atoms with van der Waals surface area (Å²) in [6, 6.07) is 0.116. The number of carbonyl (C=O) groups is 2. The van der Waals surface area contributed by atoms with Crippen LogP contribution in [0, 0.1) is 5.92 Å². The molecule has 1 fully saturated rings. The highest BCUT2D eigenvalue weighted by Crippen LogP contribution is 2.09. The lowest BCUT2D eigenvalue weighted by Gasteiger charge is -2.25. The van der Waals surface area contributed by atoms with E-state index in [0.29, 0.717) is 18.9 Å². The Morgan fingerprint density at radius 1 is 1.62 bits per heavy atom. The molecule has 1 unspecified atom stereocenters. The van der Waals surface area contributed by atoms with Gasteiger partial charge in [-0.15, -0.1) is 0 Å². The normalized spacial score (nSPS) is 20.5. The molecule has 1 heterocycles. The van der Waals surface area contributed by atoms with Crippen molar-refractivity contribution in [3.63, 3.8) is 0 Å². The van der Waals surface area contributed by atoms with Gasteiger partial charge in [0.2, 0.25) is 5.91 Å². The average Bonchev–Trinajstić information content (AvgIpc) is 2.48. The largest absolute Gasteiger partial charge is 0.480 e. The molecule has 0 aliphatic carbocycles. The quantitative estimate of drug-likeness (QED) is 0.686. The first kappa shape index (κ1) is 13.0. The van der Waals surface area contributed by atoms with Gasteiger partial charge in [0.1, 0.15) is 0 Å². The number of nitrogens with zero attached hydrogens (tertiary/aromatic N) is 1. The Morgan fingerprint density at radius 2 is 2.31 bits per heavy atom. The first-order valence-corrected chi connectivity index (χ1v) is 5.71. The Hall–Kier alpha value is -1.10. The zero-order chi connectivity index (χ0) is 12.1. The lowest BCUT2D eigenvalue weighted by Crippen LogP contribution is -2.42. The Balaban J connectivity index is 2.42. The maximum Gasteiger partial charge on any atom is 0.317 e. The molecule has 1 aliphatic rings. The van der Waals surface area contributed by atoms with Gasteiger partial charge in [-0.05, 0) is 12.3 Å². The predicted octanol–water partition coefficient (Wildman–Crippen LogP) is 0.308. The number of amides is 1. The summed E-state index contributed by atoms with van der Waals surface area (Å²) in [6.07, 6.45) is 1.38. The van der Waals surface area contributed by atoms with E-state index in [0.717, 1.165) is 13.0 Å². The Bertz CT molecular complexity index is 266. The van der Waals surface area contributed by atoms with Gasteiger partial charge < -0.3 is 10.4 Å². The second-order valence-corrected chi connectivity index (χ2v) is 4.78. The summed E-state index contributed by atoms with van der Waals surface area (Å²) in [7, 11) is 0. The van der Waals surface area contributed by atoms with E-state index in [2.05, 4.69) is 19.2 Å². The first-order chi connectivity index (χ1) is 7.47. The molecular weight excluding hydrogens is 208 g/mol. The third-order valence-electron chi connectivity index (χ3n) is 2.55. The monoisotopic (exact) mass is 228 g/mol. The van der Waals surface area contributed by atoms with Crippen LogP contribution in [-0.2, 0) is 9.59 Å². The Kier molecular flexibility index (Phi) is 4.73. The van der Waals surface area contributed by atoms with Gasteiger partial charge in [-0.3, -0.25) is 14.5 Å². The average molecular weight is 228 g/mol. The Labute approximate surface area is 95.8 Å². The van der Waals surface area contributed by atoms with E-state index in [1.54, 1.807) is 0 Å². The van der Waals surface area contributed by atoms with Crippen LogP contribution in [0.2, 0.25) is 0 Å².